The normalized spacial score (nSPS) is 14.6. The standard InChI is InChI=1S/C25H31N5O3/c1-2-20(31)6-4-3-5-7-22(29-24(32)19-14-26-15-19)25-27-16-23(33-25)18-10-8-17(9-11-18)21-12-13-28-30-21/h8-13,16,19,22,26H,2-7,14-15H2,1H3,(H,28,30)(H,29,32)/t22-/m0/s1. The number of Topliss-reactive ketones (excluding diaryl/α,β-unsaturated/α-hetero) is 1. The van der Waals surface area contributed by atoms with Gasteiger partial charge in [-0.2, -0.15) is 5.10 Å². The topological polar surface area (TPSA) is 113 Å². The number of carbonyl (C=O) groups is 2. The Kier molecular flexibility index (Phi) is 7.67. The summed E-state index contributed by atoms with van der Waals surface area (Å²) in [6.45, 7) is 3.31. The van der Waals surface area contributed by atoms with Gasteiger partial charge in [-0.1, -0.05) is 44.0 Å². The predicted molar refractivity (Wildman–Crippen MR) is 125 cm³/mol. The maximum absolute atomic E-state index is 12.6. The summed E-state index contributed by atoms with van der Waals surface area (Å²) >= 11 is 0. The van der Waals surface area contributed by atoms with Gasteiger partial charge in [-0.05, 0) is 24.5 Å². The lowest BCUT2D eigenvalue weighted by Gasteiger charge is -2.27. The Morgan fingerprint density at radius 1 is 1.12 bits per heavy atom. The number of carbonyl (C=O) groups excluding carboxylic acids is 2. The van der Waals surface area contributed by atoms with Crippen LogP contribution < -0.4 is 10.6 Å². The van der Waals surface area contributed by atoms with Crippen molar-refractivity contribution in [3.05, 3.63) is 48.6 Å². The average molecular weight is 450 g/mol. The van der Waals surface area contributed by atoms with Gasteiger partial charge in [0.1, 0.15) is 11.8 Å². The summed E-state index contributed by atoms with van der Waals surface area (Å²) in [5.74, 6) is 1.52. The molecule has 3 heterocycles. The van der Waals surface area contributed by atoms with E-state index in [-0.39, 0.29) is 17.9 Å². The zero-order chi connectivity index (χ0) is 23.0. The van der Waals surface area contributed by atoms with Crippen LogP contribution in [-0.4, -0.2) is 40.0 Å². The van der Waals surface area contributed by atoms with Gasteiger partial charge >= 0.3 is 0 Å². The first-order valence-electron chi connectivity index (χ1n) is 11.7. The summed E-state index contributed by atoms with van der Waals surface area (Å²) in [6, 6.07) is 9.62. The lowest BCUT2D eigenvalue weighted by molar-refractivity contribution is -0.127. The molecule has 1 amide bonds. The molecule has 174 valence electrons. The molecule has 1 fully saturated rings. The smallest absolute Gasteiger partial charge is 0.226 e. The van der Waals surface area contributed by atoms with Crippen molar-refractivity contribution in [3.8, 4) is 22.6 Å². The highest BCUT2D eigenvalue weighted by Gasteiger charge is 2.28. The van der Waals surface area contributed by atoms with Crippen molar-refractivity contribution in [1.82, 2.24) is 25.8 Å². The number of nitrogens with one attached hydrogen (secondary N) is 3. The van der Waals surface area contributed by atoms with Crippen molar-refractivity contribution in [1.29, 1.82) is 0 Å². The largest absolute Gasteiger partial charge is 0.438 e. The maximum atomic E-state index is 12.6. The molecule has 0 radical (unpaired) electrons. The van der Waals surface area contributed by atoms with Gasteiger partial charge < -0.3 is 15.1 Å². The minimum atomic E-state index is -0.280. The molecule has 0 saturated carbocycles. The molecule has 0 aliphatic carbocycles. The third kappa shape index (κ3) is 5.96. The number of nitrogens with zero attached hydrogens (tertiary/aromatic N) is 2. The van der Waals surface area contributed by atoms with Gasteiger partial charge in [0.15, 0.2) is 5.76 Å². The maximum Gasteiger partial charge on any atom is 0.226 e. The van der Waals surface area contributed by atoms with Crippen LogP contribution in [0.15, 0.2) is 47.1 Å². The average Bonchev–Trinajstić information content (AvgIpc) is 3.49. The van der Waals surface area contributed by atoms with Crippen LogP contribution in [0.1, 0.15) is 57.4 Å². The van der Waals surface area contributed by atoms with E-state index in [0.717, 1.165) is 42.5 Å². The van der Waals surface area contributed by atoms with Crippen LogP contribution in [0.5, 0.6) is 0 Å². The first-order chi connectivity index (χ1) is 16.1. The van der Waals surface area contributed by atoms with E-state index >= 15 is 0 Å². The molecule has 2 aromatic heterocycles. The van der Waals surface area contributed by atoms with Crippen LogP contribution in [0.25, 0.3) is 22.6 Å². The van der Waals surface area contributed by atoms with Gasteiger partial charge in [-0.3, -0.25) is 14.7 Å². The van der Waals surface area contributed by atoms with E-state index in [0.29, 0.717) is 43.4 Å². The summed E-state index contributed by atoms with van der Waals surface area (Å²) in [5.41, 5.74) is 2.91. The monoisotopic (exact) mass is 449 g/mol. The highest BCUT2D eigenvalue weighted by Crippen LogP contribution is 2.28. The number of H-pyrrole nitrogens is 1. The fraction of sp³-hybridized carbons (Fsp3) is 0.440. The van der Waals surface area contributed by atoms with Crippen LogP contribution in [0.3, 0.4) is 0 Å². The highest BCUT2D eigenvalue weighted by atomic mass is 16.4. The number of amides is 1. The second-order valence-electron chi connectivity index (χ2n) is 8.52. The van der Waals surface area contributed by atoms with Gasteiger partial charge in [0.25, 0.3) is 0 Å². The third-order valence-electron chi connectivity index (χ3n) is 6.11. The summed E-state index contributed by atoms with van der Waals surface area (Å²) in [6.07, 6.45) is 8.08. The van der Waals surface area contributed by atoms with Gasteiger partial charge in [0.05, 0.1) is 17.8 Å². The summed E-state index contributed by atoms with van der Waals surface area (Å²) in [5, 5.41) is 13.2. The van der Waals surface area contributed by atoms with Crippen molar-refractivity contribution in [3.63, 3.8) is 0 Å². The molecule has 3 N–H and O–H groups in total. The van der Waals surface area contributed by atoms with Gasteiger partial charge in [0.2, 0.25) is 11.8 Å². The summed E-state index contributed by atoms with van der Waals surface area (Å²) in [7, 11) is 0. The van der Waals surface area contributed by atoms with Crippen LogP contribution in [0.2, 0.25) is 0 Å². The Morgan fingerprint density at radius 3 is 2.58 bits per heavy atom. The zero-order valence-corrected chi connectivity index (χ0v) is 19.0. The van der Waals surface area contributed by atoms with Crippen LogP contribution in [-0.2, 0) is 9.59 Å². The number of hydrogen-bond acceptors (Lipinski definition) is 6. The van der Waals surface area contributed by atoms with E-state index < -0.39 is 0 Å². The van der Waals surface area contributed by atoms with Crippen molar-refractivity contribution < 1.29 is 14.0 Å². The lowest BCUT2D eigenvalue weighted by Crippen LogP contribution is -2.51. The molecule has 33 heavy (non-hydrogen) atoms. The molecule has 1 aliphatic heterocycles. The summed E-state index contributed by atoms with van der Waals surface area (Å²) in [4.78, 5) is 28.6. The SMILES string of the molecule is CCC(=O)CCCCC[C@H](NC(=O)C1CNC1)c1ncc(-c2ccc(-c3ccn[nH]3)cc2)o1. The number of aromatic nitrogens is 3. The minimum Gasteiger partial charge on any atom is -0.438 e. The molecule has 8 nitrogen and oxygen atoms in total. The van der Waals surface area contributed by atoms with E-state index in [1.54, 1.807) is 12.4 Å². The molecule has 0 bridgehead atoms. The Hall–Kier alpha value is -3.26. The van der Waals surface area contributed by atoms with Crippen molar-refractivity contribution in [2.75, 3.05) is 13.1 Å². The number of oxazole rings is 1. The number of ketones is 1. The molecule has 0 unspecified atom stereocenters. The minimum absolute atomic E-state index is 0.000802. The number of benzene rings is 1. The molecule has 1 aliphatic rings. The fourth-order valence-electron chi connectivity index (χ4n) is 3.86. The quantitative estimate of drug-likeness (QED) is 0.360. The number of aromatic amines is 1. The van der Waals surface area contributed by atoms with E-state index in [1.165, 1.54) is 0 Å². The lowest BCUT2D eigenvalue weighted by atomic mass is 10.0. The second kappa shape index (κ2) is 11.0. The van der Waals surface area contributed by atoms with Crippen molar-refractivity contribution in [2.24, 2.45) is 5.92 Å². The molecule has 3 aromatic rings. The Balaban J connectivity index is 1.41. The first kappa shape index (κ1) is 22.9. The van der Waals surface area contributed by atoms with Gasteiger partial charge in [-0.25, -0.2) is 4.98 Å². The van der Waals surface area contributed by atoms with Gasteiger partial charge in [-0.15, -0.1) is 0 Å². The second-order valence-corrected chi connectivity index (χ2v) is 8.52. The molecule has 0 spiro atoms. The fourth-order valence-corrected chi connectivity index (χ4v) is 3.86. The molecular weight excluding hydrogens is 418 g/mol. The van der Waals surface area contributed by atoms with Crippen LogP contribution in [0, 0.1) is 5.92 Å². The molecular formula is C25H31N5O3. The van der Waals surface area contributed by atoms with Crippen LogP contribution in [0.4, 0.5) is 0 Å². The van der Waals surface area contributed by atoms with Crippen LogP contribution >= 0.6 is 0 Å². The summed E-state index contributed by atoms with van der Waals surface area (Å²) < 4.78 is 6.09. The Labute approximate surface area is 193 Å². The molecule has 1 saturated heterocycles. The third-order valence-corrected chi connectivity index (χ3v) is 6.11. The van der Waals surface area contributed by atoms with E-state index in [1.807, 2.05) is 37.3 Å². The molecule has 4 rings (SSSR count). The van der Waals surface area contributed by atoms with E-state index in [4.69, 9.17) is 4.42 Å². The molecule has 8 heteroatoms. The van der Waals surface area contributed by atoms with E-state index in [9.17, 15) is 9.59 Å². The van der Waals surface area contributed by atoms with Crippen molar-refractivity contribution in [2.45, 2.75) is 51.5 Å². The Morgan fingerprint density at radius 2 is 1.91 bits per heavy atom. The number of unbranched alkanes of at least 4 members (excludes halogenated alkanes) is 2. The number of hydrogen-bond donors (Lipinski definition) is 3. The predicted octanol–water partition coefficient (Wildman–Crippen LogP) is 4.04. The zero-order valence-electron chi connectivity index (χ0n) is 19.0. The Bertz CT molecular complexity index is 1040. The van der Waals surface area contributed by atoms with Gasteiger partial charge in [0, 0.05) is 37.7 Å². The van der Waals surface area contributed by atoms with E-state index in [2.05, 4.69) is 25.8 Å². The van der Waals surface area contributed by atoms with Crippen molar-refractivity contribution >= 4 is 11.7 Å². The molecule has 1 atom stereocenters. The molecule has 1 aromatic carbocycles. The first-order valence-corrected chi connectivity index (χ1v) is 11.7. The highest BCUT2D eigenvalue weighted by molar-refractivity contribution is 5.80. The number of rotatable bonds is 12.